The first-order valence-electron chi connectivity index (χ1n) is 8.52. The van der Waals surface area contributed by atoms with Gasteiger partial charge in [0.15, 0.2) is 11.3 Å². The van der Waals surface area contributed by atoms with E-state index in [0.717, 1.165) is 38.2 Å². The van der Waals surface area contributed by atoms with Gasteiger partial charge in [-0.3, -0.25) is 4.98 Å². The molecular weight excluding hydrogens is 368 g/mol. The molecule has 7 heteroatoms. The molecule has 6 nitrogen and oxygen atoms in total. The standard InChI is InChI=1S/C21H12N6S/c1-22-21-26-17-7-6-14(12-18(17)28-21)24-20-15-4-2-3-5-16(15)25-19(27-20)13-8-10-23-11-9-13/h2-12H,(H,24,25,27). The van der Waals surface area contributed by atoms with Crippen molar-refractivity contribution in [1.29, 1.82) is 0 Å². The highest BCUT2D eigenvalue weighted by Gasteiger charge is 2.11. The molecule has 3 aromatic heterocycles. The highest BCUT2D eigenvalue weighted by molar-refractivity contribution is 7.22. The van der Waals surface area contributed by atoms with E-state index in [0.29, 0.717) is 11.0 Å². The van der Waals surface area contributed by atoms with E-state index < -0.39 is 0 Å². The number of aromatic nitrogens is 4. The molecular formula is C21H12N6S. The van der Waals surface area contributed by atoms with Crippen molar-refractivity contribution in [3.63, 3.8) is 0 Å². The topological polar surface area (TPSA) is 68.0 Å². The lowest BCUT2D eigenvalue weighted by molar-refractivity contribution is 1.21. The highest BCUT2D eigenvalue weighted by atomic mass is 32.1. The predicted molar refractivity (Wildman–Crippen MR) is 112 cm³/mol. The summed E-state index contributed by atoms with van der Waals surface area (Å²) in [5.74, 6) is 1.37. The highest BCUT2D eigenvalue weighted by Crippen LogP contribution is 2.32. The molecule has 132 valence electrons. The normalized spacial score (nSPS) is 10.8. The van der Waals surface area contributed by atoms with Crippen LogP contribution in [0.4, 0.5) is 16.6 Å². The number of benzene rings is 2. The van der Waals surface area contributed by atoms with Gasteiger partial charge in [-0.05, 0) is 42.5 Å². The first-order chi connectivity index (χ1) is 13.8. The number of rotatable bonds is 3. The van der Waals surface area contributed by atoms with E-state index in [1.54, 1.807) is 12.4 Å². The quantitative estimate of drug-likeness (QED) is 0.413. The van der Waals surface area contributed by atoms with Crippen molar-refractivity contribution >= 4 is 49.1 Å². The fourth-order valence-corrected chi connectivity index (χ4v) is 3.77. The third-order valence-electron chi connectivity index (χ3n) is 4.28. The summed E-state index contributed by atoms with van der Waals surface area (Å²) in [7, 11) is 0. The van der Waals surface area contributed by atoms with Gasteiger partial charge in [0.05, 0.1) is 10.2 Å². The molecule has 0 radical (unpaired) electrons. The Hall–Kier alpha value is -3.89. The number of pyridine rings is 1. The molecule has 1 N–H and O–H groups in total. The van der Waals surface area contributed by atoms with E-state index >= 15 is 0 Å². The minimum atomic E-state index is 0.444. The Bertz CT molecular complexity index is 1350. The molecule has 0 saturated carbocycles. The smallest absolute Gasteiger partial charge is 0.330 e. The first kappa shape index (κ1) is 16.3. The zero-order chi connectivity index (χ0) is 18.9. The molecule has 0 atom stereocenters. The van der Waals surface area contributed by atoms with Crippen molar-refractivity contribution in [2.24, 2.45) is 0 Å². The van der Waals surface area contributed by atoms with E-state index in [4.69, 9.17) is 16.5 Å². The van der Waals surface area contributed by atoms with Gasteiger partial charge in [0.25, 0.3) is 0 Å². The lowest BCUT2D eigenvalue weighted by Crippen LogP contribution is -1.99. The van der Waals surface area contributed by atoms with Gasteiger partial charge in [0.1, 0.15) is 5.82 Å². The average molecular weight is 380 g/mol. The molecule has 0 bridgehead atoms. The third kappa shape index (κ3) is 2.92. The number of thiazole rings is 1. The number of fused-ring (bicyclic) bond motifs is 2. The van der Waals surface area contributed by atoms with E-state index in [1.807, 2.05) is 54.6 Å². The van der Waals surface area contributed by atoms with Gasteiger partial charge in [0.2, 0.25) is 0 Å². The summed E-state index contributed by atoms with van der Waals surface area (Å²) in [5, 5.41) is 4.79. The molecule has 0 amide bonds. The van der Waals surface area contributed by atoms with Crippen LogP contribution in [0, 0.1) is 6.57 Å². The Morgan fingerprint density at radius 3 is 2.61 bits per heavy atom. The second-order valence-electron chi connectivity index (χ2n) is 6.06. The number of hydrogen-bond acceptors (Lipinski definition) is 6. The molecule has 3 heterocycles. The Morgan fingerprint density at radius 2 is 1.75 bits per heavy atom. The third-order valence-corrected chi connectivity index (χ3v) is 5.19. The lowest BCUT2D eigenvalue weighted by Gasteiger charge is -2.11. The van der Waals surface area contributed by atoms with Crippen LogP contribution in [0.1, 0.15) is 0 Å². The first-order valence-corrected chi connectivity index (χ1v) is 9.34. The maximum absolute atomic E-state index is 7.14. The SMILES string of the molecule is [C-]#[N+]c1nc2ccc(Nc3nc(-c4ccncc4)nc4ccccc34)cc2s1. The van der Waals surface area contributed by atoms with Crippen LogP contribution in [-0.4, -0.2) is 19.9 Å². The van der Waals surface area contributed by atoms with Crippen LogP contribution in [0.25, 0.3) is 37.4 Å². The number of para-hydroxylation sites is 1. The van der Waals surface area contributed by atoms with Crippen LogP contribution in [0.15, 0.2) is 67.0 Å². The van der Waals surface area contributed by atoms with Gasteiger partial charge in [-0.2, -0.15) is 0 Å². The number of nitrogens with zero attached hydrogens (tertiary/aromatic N) is 5. The minimum absolute atomic E-state index is 0.444. The summed E-state index contributed by atoms with van der Waals surface area (Å²) >= 11 is 1.38. The summed E-state index contributed by atoms with van der Waals surface area (Å²) in [6.07, 6.45) is 3.46. The van der Waals surface area contributed by atoms with Gasteiger partial charge >= 0.3 is 5.13 Å². The van der Waals surface area contributed by atoms with Crippen LogP contribution in [0.2, 0.25) is 0 Å². The van der Waals surface area contributed by atoms with Gasteiger partial charge < -0.3 is 10.2 Å². The number of hydrogen-bond donors (Lipinski definition) is 1. The number of nitrogens with one attached hydrogen (secondary N) is 1. The molecule has 0 unspecified atom stereocenters. The van der Waals surface area contributed by atoms with Crippen LogP contribution in [0.3, 0.4) is 0 Å². The van der Waals surface area contributed by atoms with Gasteiger partial charge in [-0.25, -0.2) is 9.97 Å². The van der Waals surface area contributed by atoms with Gasteiger partial charge in [0, 0.05) is 29.0 Å². The summed E-state index contributed by atoms with van der Waals surface area (Å²) in [5.41, 5.74) is 3.48. The fraction of sp³-hybridized carbons (Fsp3) is 0. The largest absolute Gasteiger partial charge is 0.351 e. The summed E-state index contributed by atoms with van der Waals surface area (Å²) in [4.78, 5) is 21.2. The Morgan fingerprint density at radius 1 is 0.893 bits per heavy atom. The van der Waals surface area contributed by atoms with Crippen molar-refractivity contribution in [2.75, 3.05) is 5.32 Å². The maximum Gasteiger partial charge on any atom is 0.330 e. The average Bonchev–Trinajstić information content (AvgIpc) is 3.17. The molecule has 28 heavy (non-hydrogen) atoms. The second-order valence-corrected chi connectivity index (χ2v) is 7.07. The molecule has 5 rings (SSSR count). The van der Waals surface area contributed by atoms with Gasteiger partial charge in [-0.15, -0.1) is 16.3 Å². The molecule has 0 saturated heterocycles. The maximum atomic E-state index is 7.14. The second kappa shape index (κ2) is 6.68. The predicted octanol–water partition coefficient (Wildman–Crippen LogP) is 5.60. The fourth-order valence-electron chi connectivity index (χ4n) is 2.98. The molecule has 0 fully saturated rings. The van der Waals surface area contributed by atoms with E-state index in [9.17, 15) is 0 Å². The molecule has 0 aliphatic rings. The van der Waals surface area contributed by atoms with Crippen molar-refractivity contribution in [1.82, 2.24) is 19.9 Å². The number of anilines is 2. The van der Waals surface area contributed by atoms with Crippen LogP contribution < -0.4 is 5.32 Å². The Balaban J connectivity index is 1.62. The molecule has 0 aliphatic carbocycles. The summed E-state index contributed by atoms with van der Waals surface area (Å²) in [6.45, 7) is 7.14. The molecule has 2 aromatic carbocycles. The van der Waals surface area contributed by atoms with Crippen molar-refractivity contribution < 1.29 is 0 Å². The zero-order valence-corrected chi connectivity index (χ0v) is 15.3. The van der Waals surface area contributed by atoms with Crippen molar-refractivity contribution in [2.45, 2.75) is 0 Å². The van der Waals surface area contributed by atoms with Crippen molar-refractivity contribution in [3.05, 3.63) is 78.4 Å². The minimum Gasteiger partial charge on any atom is -0.351 e. The molecule has 0 aliphatic heterocycles. The Labute approximate surface area is 164 Å². The van der Waals surface area contributed by atoms with E-state index in [1.165, 1.54) is 11.3 Å². The zero-order valence-electron chi connectivity index (χ0n) is 14.5. The summed E-state index contributed by atoms with van der Waals surface area (Å²) < 4.78 is 0.962. The van der Waals surface area contributed by atoms with E-state index in [2.05, 4.69) is 20.1 Å². The van der Waals surface area contributed by atoms with Crippen molar-refractivity contribution in [3.8, 4) is 11.4 Å². The molecule has 0 spiro atoms. The Kier molecular flexibility index (Phi) is 3.89. The van der Waals surface area contributed by atoms with Gasteiger partial charge in [-0.1, -0.05) is 18.7 Å². The molecule has 5 aromatic rings. The van der Waals surface area contributed by atoms with E-state index in [-0.39, 0.29) is 0 Å². The monoisotopic (exact) mass is 380 g/mol. The van der Waals surface area contributed by atoms with Crippen LogP contribution in [0.5, 0.6) is 0 Å². The van der Waals surface area contributed by atoms with Crippen LogP contribution in [-0.2, 0) is 0 Å². The van der Waals surface area contributed by atoms with Crippen LogP contribution >= 0.6 is 11.3 Å². The summed E-state index contributed by atoms with van der Waals surface area (Å²) in [6, 6.07) is 17.5. The lowest BCUT2D eigenvalue weighted by atomic mass is 10.2.